The third-order valence-electron chi connectivity index (χ3n) is 2.55. The van der Waals surface area contributed by atoms with Gasteiger partial charge in [0.25, 0.3) is 5.89 Å². The quantitative estimate of drug-likeness (QED) is 0.617. The minimum Gasteiger partial charge on any atom is -0.396 e. The zero-order valence-electron chi connectivity index (χ0n) is 9.73. The van der Waals surface area contributed by atoms with Crippen LogP contribution >= 0.6 is 50.5 Å². The van der Waals surface area contributed by atoms with Crippen LogP contribution in [0.5, 0.6) is 0 Å². The van der Waals surface area contributed by atoms with Crippen LogP contribution in [0.1, 0.15) is 0 Å². The number of thiophene rings is 1. The fraction of sp³-hybridized carbons (Fsp3) is 0. The Morgan fingerprint density at radius 1 is 1.20 bits per heavy atom. The van der Waals surface area contributed by atoms with E-state index in [1.165, 1.54) is 11.3 Å². The van der Waals surface area contributed by atoms with E-state index in [9.17, 15) is 0 Å². The van der Waals surface area contributed by atoms with Crippen LogP contribution in [0.15, 0.2) is 32.6 Å². The maximum Gasteiger partial charge on any atom is 0.258 e. The minimum atomic E-state index is 0.332. The lowest BCUT2D eigenvalue weighted by atomic mass is 10.2. The number of nitrogens with two attached hydrogens (primary N) is 1. The molecule has 0 saturated heterocycles. The molecule has 0 fully saturated rings. The molecular formula is C12H6BrCl2N3OS. The van der Waals surface area contributed by atoms with Gasteiger partial charge in [0.05, 0.1) is 24.4 Å². The lowest BCUT2D eigenvalue weighted by Crippen LogP contribution is -1.89. The number of hydrogen-bond acceptors (Lipinski definition) is 5. The molecule has 4 nitrogen and oxygen atoms in total. The van der Waals surface area contributed by atoms with Crippen molar-refractivity contribution in [3.63, 3.8) is 0 Å². The molecule has 0 bridgehead atoms. The third kappa shape index (κ3) is 2.56. The van der Waals surface area contributed by atoms with Gasteiger partial charge in [-0.05, 0) is 40.2 Å². The topological polar surface area (TPSA) is 64.9 Å². The van der Waals surface area contributed by atoms with Gasteiger partial charge in [-0.1, -0.05) is 28.4 Å². The van der Waals surface area contributed by atoms with E-state index >= 15 is 0 Å². The highest BCUT2D eigenvalue weighted by atomic mass is 79.9. The predicted octanol–water partition coefficient (Wildman–Crippen LogP) is 5.12. The van der Waals surface area contributed by atoms with Gasteiger partial charge in [0.1, 0.15) is 0 Å². The maximum absolute atomic E-state index is 5.99. The van der Waals surface area contributed by atoms with E-state index in [1.54, 1.807) is 12.1 Å². The van der Waals surface area contributed by atoms with Crippen LogP contribution in [0.25, 0.3) is 22.2 Å². The second-order valence-corrected chi connectivity index (χ2v) is 7.16. The van der Waals surface area contributed by atoms with E-state index < -0.39 is 0 Å². The van der Waals surface area contributed by atoms with Crippen LogP contribution in [-0.2, 0) is 0 Å². The molecule has 0 saturated carbocycles. The molecule has 0 spiro atoms. The first kappa shape index (κ1) is 13.9. The number of nitrogens with zero attached hydrogens (tertiary/aromatic N) is 2. The van der Waals surface area contributed by atoms with Crippen LogP contribution in [0.4, 0.5) is 5.69 Å². The molecule has 0 amide bonds. The van der Waals surface area contributed by atoms with Crippen molar-refractivity contribution in [1.82, 2.24) is 10.1 Å². The SMILES string of the molecule is Nc1c(Cl)cc(-c2nc(-c3ccc(Br)s3)no2)cc1Cl. The summed E-state index contributed by atoms with van der Waals surface area (Å²) in [6.45, 7) is 0. The van der Waals surface area contributed by atoms with Gasteiger partial charge in [0, 0.05) is 5.56 Å². The van der Waals surface area contributed by atoms with Crippen LogP contribution in [0.2, 0.25) is 10.0 Å². The average Bonchev–Trinajstić information content (AvgIpc) is 3.03. The van der Waals surface area contributed by atoms with Gasteiger partial charge < -0.3 is 10.3 Å². The van der Waals surface area contributed by atoms with Crippen molar-refractivity contribution in [2.45, 2.75) is 0 Å². The highest BCUT2D eigenvalue weighted by Crippen LogP contribution is 2.34. The number of aromatic nitrogens is 2. The fourth-order valence-corrected chi connectivity index (χ4v) is 3.38. The molecule has 1 aromatic carbocycles. The van der Waals surface area contributed by atoms with E-state index in [2.05, 4.69) is 26.1 Å². The Hall–Kier alpha value is -1.08. The van der Waals surface area contributed by atoms with Gasteiger partial charge >= 0.3 is 0 Å². The second-order valence-electron chi connectivity index (χ2n) is 3.88. The predicted molar refractivity (Wildman–Crippen MR) is 85.2 cm³/mol. The highest BCUT2D eigenvalue weighted by molar-refractivity contribution is 9.11. The summed E-state index contributed by atoms with van der Waals surface area (Å²) in [5.41, 5.74) is 6.65. The molecule has 20 heavy (non-hydrogen) atoms. The molecule has 3 rings (SSSR count). The van der Waals surface area contributed by atoms with Crippen LogP contribution in [-0.4, -0.2) is 10.1 Å². The van der Waals surface area contributed by atoms with Gasteiger partial charge in [-0.15, -0.1) is 11.3 Å². The Balaban J connectivity index is 2.02. The first-order chi connectivity index (χ1) is 9.54. The summed E-state index contributed by atoms with van der Waals surface area (Å²) in [7, 11) is 0. The molecule has 2 heterocycles. The zero-order valence-corrected chi connectivity index (χ0v) is 13.6. The number of anilines is 1. The number of rotatable bonds is 2. The monoisotopic (exact) mass is 389 g/mol. The van der Waals surface area contributed by atoms with Crippen LogP contribution in [0.3, 0.4) is 0 Å². The largest absolute Gasteiger partial charge is 0.396 e. The highest BCUT2D eigenvalue weighted by Gasteiger charge is 2.14. The van der Waals surface area contributed by atoms with E-state index in [0.29, 0.717) is 33.0 Å². The Morgan fingerprint density at radius 2 is 1.90 bits per heavy atom. The van der Waals surface area contributed by atoms with Crippen LogP contribution < -0.4 is 5.73 Å². The van der Waals surface area contributed by atoms with E-state index in [0.717, 1.165) is 8.66 Å². The Kier molecular flexibility index (Phi) is 3.72. The molecule has 102 valence electrons. The van der Waals surface area contributed by atoms with Crippen molar-refractivity contribution in [3.8, 4) is 22.2 Å². The van der Waals surface area contributed by atoms with Gasteiger partial charge in [0.2, 0.25) is 5.82 Å². The normalized spacial score (nSPS) is 10.9. The second kappa shape index (κ2) is 5.37. The van der Waals surface area contributed by atoms with Crippen molar-refractivity contribution in [1.29, 1.82) is 0 Å². The zero-order chi connectivity index (χ0) is 14.3. The molecular weight excluding hydrogens is 385 g/mol. The molecule has 8 heteroatoms. The molecule has 2 N–H and O–H groups in total. The molecule has 0 radical (unpaired) electrons. The standard InChI is InChI=1S/C12H6BrCl2N3OS/c13-9-2-1-8(20-9)11-17-12(19-18-11)5-3-6(14)10(16)7(15)4-5/h1-4H,16H2. The fourth-order valence-electron chi connectivity index (χ4n) is 1.58. The van der Waals surface area contributed by atoms with E-state index in [-0.39, 0.29) is 0 Å². The first-order valence-corrected chi connectivity index (χ1v) is 7.75. The van der Waals surface area contributed by atoms with Gasteiger partial charge in [-0.25, -0.2) is 0 Å². The first-order valence-electron chi connectivity index (χ1n) is 5.39. The summed E-state index contributed by atoms with van der Waals surface area (Å²) in [5.74, 6) is 0.855. The molecule has 3 aromatic rings. The van der Waals surface area contributed by atoms with Crippen molar-refractivity contribution in [2.24, 2.45) is 0 Å². The smallest absolute Gasteiger partial charge is 0.258 e. The lowest BCUT2D eigenvalue weighted by Gasteiger charge is -2.02. The lowest BCUT2D eigenvalue weighted by molar-refractivity contribution is 0.432. The minimum absolute atomic E-state index is 0.332. The summed E-state index contributed by atoms with van der Waals surface area (Å²) < 4.78 is 6.23. The Morgan fingerprint density at radius 3 is 2.50 bits per heavy atom. The Bertz CT molecular complexity index is 764. The van der Waals surface area contributed by atoms with E-state index in [1.807, 2.05) is 12.1 Å². The van der Waals surface area contributed by atoms with Crippen molar-refractivity contribution in [3.05, 3.63) is 38.1 Å². The molecule has 0 atom stereocenters. The van der Waals surface area contributed by atoms with Gasteiger partial charge in [0.15, 0.2) is 0 Å². The third-order valence-corrected chi connectivity index (χ3v) is 4.79. The number of halogens is 3. The van der Waals surface area contributed by atoms with E-state index in [4.69, 9.17) is 33.5 Å². The number of benzene rings is 1. The van der Waals surface area contributed by atoms with Crippen molar-refractivity contribution in [2.75, 3.05) is 5.73 Å². The molecule has 0 aliphatic heterocycles. The summed E-state index contributed by atoms with van der Waals surface area (Å²) in [5, 5.41) is 4.65. The molecule has 0 unspecified atom stereocenters. The Labute approximate surface area is 136 Å². The summed E-state index contributed by atoms with van der Waals surface area (Å²) in [4.78, 5) is 5.23. The summed E-state index contributed by atoms with van der Waals surface area (Å²) in [6, 6.07) is 7.12. The molecule has 0 aliphatic carbocycles. The number of nitrogen functional groups attached to an aromatic ring is 1. The van der Waals surface area contributed by atoms with Crippen molar-refractivity contribution >= 4 is 56.2 Å². The average molecular weight is 391 g/mol. The maximum atomic E-state index is 5.99. The van der Waals surface area contributed by atoms with Crippen LogP contribution in [0, 0.1) is 0 Å². The van der Waals surface area contributed by atoms with Crippen molar-refractivity contribution < 1.29 is 4.52 Å². The van der Waals surface area contributed by atoms with Gasteiger partial charge in [-0.3, -0.25) is 0 Å². The molecule has 0 aliphatic rings. The number of hydrogen-bond donors (Lipinski definition) is 1. The van der Waals surface area contributed by atoms with Gasteiger partial charge in [-0.2, -0.15) is 4.98 Å². The molecule has 2 aromatic heterocycles. The summed E-state index contributed by atoms with van der Waals surface area (Å²) >= 11 is 16.9. The summed E-state index contributed by atoms with van der Waals surface area (Å²) in [6.07, 6.45) is 0.